The van der Waals surface area contributed by atoms with Crippen LogP contribution in [-0.2, 0) is 11.3 Å². The van der Waals surface area contributed by atoms with E-state index in [2.05, 4.69) is 15.6 Å². The van der Waals surface area contributed by atoms with Crippen molar-refractivity contribution < 1.29 is 9.59 Å². The first kappa shape index (κ1) is 21.4. The molecular formula is C25H22N4O2S. The predicted molar refractivity (Wildman–Crippen MR) is 127 cm³/mol. The highest BCUT2D eigenvalue weighted by atomic mass is 32.2. The lowest BCUT2D eigenvalue weighted by atomic mass is 10.1. The SMILES string of the molecule is O=C(CSc1nc(-c2ccccc2)c(-c2ccccc2)[nH]1)NC(=O)NCc1ccccc1. The van der Waals surface area contributed by atoms with E-state index < -0.39 is 6.03 Å². The van der Waals surface area contributed by atoms with Gasteiger partial charge in [0.25, 0.3) is 0 Å². The van der Waals surface area contributed by atoms with Gasteiger partial charge in [0.15, 0.2) is 5.16 Å². The first-order valence-electron chi connectivity index (χ1n) is 10.1. The molecule has 0 aliphatic heterocycles. The van der Waals surface area contributed by atoms with Crippen molar-refractivity contribution in [1.29, 1.82) is 0 Å². The maximum atomic E-state index is 12.2. The summed E-state index contributed by atoms with van der Waals surface area (Å²) in [7, 11) is 0. The van der Waals surface area contributed by atoms with Crippen LogP contribution in [0.25, 0.3) is 22.5 Å². The summed E-state index contributed by atoms with van der Waals surface area (Å²) in [6.07, 6.45) is 0. The average molecular weight is 443 g/mol. The summed E-state index contributed by atoms with van der Waals surface area (Å²) in [5, 5.41) is 5.65. The van der Waals surface area contributed by atoms with Gasteiger partial charge in [-0.05, 0) is 5.56 Å². The Bertz CT molecular complexity index is 1120. The number of H-pyrrole nitrogens is 1. The highest BCUT2D eigenvalue weighted by molar-refractivity contribution is 7.99. The summed E-state index contributed by atoms with van der Waals surface area (Å²) in [4.78, 5) is 32.3. The first-order valence-corrected chi connectivity index (χ1v) is 11.1. The van der Waals surface area contributed by atoms with Gasteiger partial charge in [0.05, 0.1) is 17.1 Å². The third kappa shape index (κ3) is 5.65. The molecule has 0 saturated carbocycles. The molecule has 4 aromatic rings. The minimum atomic E-state index is -0.520. The Balaban J connectivity index is 1.39. The highest BCUT2D eigenvalue weighted by Gasteiger charge is 2.16. The molecule has 1 heterocycles. The quantitative estimate of drug-likeness (QED) is 0.357. The summed E-state index contributed by atoms with van der Waals surface area (Å²) >= 11 is 1.25. The average Bonchev–Trinajstić information content (AvgIpc) is 3.28. The molecule has 3 amide bonds. The number of imidazole rings is 1. The second-order valence-corrected chi connectivity index (χ2v) is 7.97. The number of nitrogens with zero attached hydrogens (tertiary/aromatic N) is 1. The van der Waals surface area contributed by atoms with Crippen LogP contribution in [0, 0.1) is 0 Å². The van der Waals surface area contributed by atoms with Crippen molar-refractivity contribution in [3.8, 4) is 22.5 Å². The Morgan fingerprint density at radius 3 is 2.06 bits per heavy atom. The lowest BCUT2D eigenvalue weighted by Gasteiger charge is -2.06. The number of benzene rings is 3. The molecule has 0 atom stereocenters. The van der Waals surface area contributed by atoms with Crippen LogP contribution in [-0.4, -0.2) is 27.7 Å². The smallest absolute Gasteiger partial charge is 0.321 e. The standard InChI is InChI=1S/C25H22N4O2S/c30-21(27-24(31)26-16-18-10-4-1-5-11-18)17-32-25-28-22(19-12-6-2-7-13-19)23(29-25)20-14-8-3-9-15-20/h1-15H,16-17H2,(H,28,29)(H2,26,27,30,31). The van der Waals surface area contributed by atoms with Crippen molar-refractivity contribution in [3.05, 3.63) is 96.6 Å². The van der Waals surface area contributed by atoms with E-state index in [0.29, 0.717) is 11.7 Å². The van der Waals surface area contributed by atoms with E-state index in [4.69, 9.17) is 4.98 Å². The van der Waals surface area contributed by atoms with Gasteiger partial charge in [-0.1, -0.05) is 103 Å². The molecule has 4 rings (SSSR count). The second-order valence-electron chi connectivity index (χ2n) is 7.00. The number of rotatable bonds is 7. The molecule has 160 valence electrons. The molecule has 0 bridgehead atoms. The topological polar surface area (TPSA) is 86.9 Å². The molecule has 0 spiro atoms. The largest absolute Gasteiger partial charge is 0.334 e. The number of hydrogen-bond donors (Lipinski definition) is 3. The molecule has 3 aromatic carbocycles. The fourth-order valence-electron chi connectivity index (χ4n) is 3.16. The summed E-state index contributed by atoms with van der Waals surface area (Å²) in [5.41, 5.74) is 4.66. The molecule has 0 aliphatic carbocycles. The van der Waals surface area contributed by atoms with Crippen LogP contribution in [0.5, 0.6) is 0 Å². The van der Waals surface area contributed by atoms with E-state index in [0.717, 1.165) is 28.1 Å². The lowest BCUT2D eigenvalue weighted by molar-refractivity contribution is -0.117. The van der Waals surface area contributed by atoms with E-state index in [-0.39, 0.29) is 11.7 Å². The number of thioether (sulfide) groups is 1. The van der Waals surface area contributed by atoms with E-state index >= 15 is 0 Å². The minimum Gasteiger partial charge on any atom is -0.334 e. The number of aromatic amines is 1. The summed E-state index contributed by atoms with van der Waals surface area (Å²) in [6, 6.07) is 28.8. The Labute approximate surface area is 190 Å². The Hall–Kier alpha value is -3.84. The van der Waals surface area contributed by atoms with Crippen LogP contribution in [0.2, 0.25) is 0 Å². The monoisotopic (exact) mass is 442 g/mol. The van der Waals surface area contributed by atoms with Gasteiger partial charge in [-0.3, -0.25) is 10.1 Å². The highest BCUT2D eigenvalue weighted by Crippen LogP contribution is 2.32. The van der Waals surface area contributed by atoms with Crippen LogP contribution in [0.1, 0.15) is 5.56 Å². The van der Waals surface area contributed by atoms with Crippen LogP contribution >= 0.6 is 11.8 Å². The second kappa shape index (κ2) is 10.5. The molecule has 0 unspecified atom stereocenters. The summed E-state index contributed by atoms with van der Waals surface area (Å²) in [6.45, 7) is 0.353. The van der Waals surface area contributed by atoms with Crippen molar-refractivity contribution in [3.63, 3.8) is 0 Å². The van der Waals surface area contributed by atoms with Gasteiger partial charge in [0.1, 0.15) is 0 Å². The molecule has 1 aromatic heterocycles. The van der Waals surface area contributed by atoms with Crippen LogP contribution in [0.15, 0.2) is 96.2 Å². The van der Waals surface area contributed by atoms with E-state index in [1.165, 1.54) is 11.8 Å². The van der Waals surface area contributed by atoms with Crippen LogP contribution in [0.4, 0.5) is 4.79 Å². The third-order valence-corrected chi connectivity index (χ3v) is 5.55. The van der Waals surface area contributed by atoms with Gasteiger partial charge in [-0.2, -0.15) is 0 Å². The van der Waals surface area contributed by atoms with Crippen LogP contribution in [0.3, 0.4) is 0 Å². The predicted octanol–water partition coefficient (Wildman–Crippen LogP) is 4.86. The van der Waals surface area contributed by atoms with Gasteiger partial charge < -0.3 is 10.3 Å². The number of imide groups is 1. The Kier molecular flexibility index (Phi) is 6.99. The normalized spacial score (nSPS) is 10.5. The zero-order valence-electron chi connectivity index (χ0n) is 17.2. The lowest BCUT2D eigenvalue weighted by Crippen LogP contribution is -2.39. The molecule has 0 aliphatic rings. The fourth-order valence-corrected chi connectivity index (χ4v) is 3.83. The number of nitrogens with one attached hydrogen (secondary N) is 3. The van der Waals surface area contributed by atoms with Crippen molar-refractivity contribution >= 4 is 23.7 Å². The minimum absolute atomic E-state index is 0.0642. The molecule has 0 saturated heterocycles. The van der Waals surface area contributed by atoms with E-state index in [1.807, 2.05) is 91.0 Å². The molecule has 6 nitrogen and oxygen atoms in total. The van der Waals surface area contributed by atoms with Crippen molar-refractivity contribution in [2.45, 2.75) is 11.7 Å². The van der Waals surface area contributed by atoms with E-state index in [1.54, 1.807) is 0 Å². The Morgan fingerprint density at radius 1 is 0.812 bits per heavy atom. The van der Waals surface area contributed by atoms with Gasteiger partial charge in [-0.25, -0.2) is 9.78 Å². The van der Waals surface area contributed by atoms with Gasteiger partial charge in [-0.15, -0.1) is 0 Å². The molecular weight excluding hydrogens is 420 g/mol. The molecule has 0 radical (unpaired) electrons. The zero-order chi connectivity index (χ0) is 22.2. The van der Waals surface area contributed by atoms with Crippen molar-refractivity contribution in [2.24, 2.45) is 0 Å². The maximum absolute atomic E-state index is 12.2. The number of carbonyl (C=O) groups is 2. The molecule has 7 heteroatoms. The zero-order valence-corrected chi connectivity index (χ0v) is 18.1. The first-order chi connectivity index (χ1) is 15.7. The number of aromatic nitrogens is 2. The number of carbonyl (C=O) groups excluding carboxylic acids is 2. The van der Waals surface area contributed by atoms with Crippen molar-refractivity contribution in [2.75, 3.05) is 5.75 Å². The van der Waals surface area contributed by atoms with Gasteiger partial charge in [0, 0.05) is 17.7 Å². The van der Waals surface area contributed by atoms with E-state index in [9.17, 15) is 9.59 Å². The summed E-state index contributed by atoms with van der Waals surface area (Å²) in [5.74, 6) is -0.325. The number of amides is 3. The van der Waals surface area contributed by atoms with Gasteiger partial charge in [0.2, 0.25) is 5.91 Å². The maximum Gasteiger partial charge on any atom is 0.321 e. The summed E-state index contributed by atoms with van der Waals surface area (Å²) < 4.78 is 0. The number of urea groups is 1. The molecule has 3 N–H and O–H groups in total. The molecule has 32 heavy (non-hydrogen) atoms. The number of hydrogen-bond acceptors (Lipinski definition) is 4. The van der Waals surface area contributed by atoms with Crippen LogP contribution < -0.4 is 10.6 Å². The fraction of sp³-hybridized carbons (Fsp3) is 0.0800. The third-order valence-electron chi connectivity index (χ3n) is 4.68. The van der Waals surface area contributed by atoms with Crippen molar-refractivity contribution in [1.82, 2.24) is 20.6 Å². The molecule has 0 fully saturated rings. The Morgan fingerprint density at radius 2 is 1.41 bits per heavy atom. The van der Waals surface area contributed by atoms with Gasteiger partial charge >= 0.3 is 6.03 Å².